The molecule has 2 rings (SSSR count). The summed E-state index contributed by atoms with van der Waals surface area (Å²) >= 11 is 6.08. The fourth-order valence-electron chi connectivity index (χ4n) is 1.55. The Kier molecular flexibility index (Phi) is 4.04. The van der Waals surface area contributed by atoms with Crippen molar-refractivity contribution >= 4 is 23.5 Å². The van der Waals surface area contributed by atoms with Gasteiger partial charge in [-0.15, -0.1) is 5.10 Å². The predicted octanol–water partition coefficient (Wildman–Crippen LogP) is 2.18. The zero-order valence-corrected chi connectivity index (χ0v) is 11.2. The SMILES string of the molecule is CN(C)c1n[nH]c(NCCc2ccccc2Cl)n1. The van der Waals surface area contributed by atoms with Gasteiger partial charge in [0.05, 0.1) is 0 Å². The highest BCUT2D eigenvalue weighted by molar-refractivity contribution is 6.31. The first-order chi connectivity index (χ1) is 8.66. The van der Waals surface area contributed by atoms with Gasteiger partial charge in [-0.05, 0) is 18.1 Å². The average molecular weight is 266 g/mol. The van der Waals surface area contributed by atoms with E-state index in [-0.39, 0.29) is 0 Å². The lowest BCUT2D eigenvalue weighted by Crippen LogP contribution is -2.10. The smallest absolute Gasteiger partial charge is 0.245 e. The van der Waals surface area contributed by atoms with Crippen LogP contribution in [0.3, 0.4) is 0 Å². The van der Waals surface area contributed by atoms with Crippen molar-refractivity contribution in [2.75, 3.05) is 30.9 Å². The van der Waals surface area contributed by atoms with Crippen molar-refractivity contribution in [3.63, 3.8) is 0 Å². The van der Waals surface area contributed by atoms with Crippen molar-refractivity contribution in [2.45, 2.75) is 6.42 Å². The average Bonchev–Trinajstić information content (AvgIpc) is 2.80. The molecule has 6 heteroatoms. The molecular formula is C12H16ClN5. The molecule has 0 saturated carbocycles. The molecule has 1 aromatic carbocycles. The molecule has 2 aromatic rings. The quantitative estimate of drug-likeness (QED) is 0.870. The third-order valence-electron chi connectivity index (χ3n) is 2.52. The van der Waals surface area contributed by atoms with Gasteiger partial charge in [0, 0.05) is 25.7 Å². The maximum absolute atomic E-state index is 6.08. The molecule has 0 amide bonds. The zero-order valence-electron chi connectivity index (χ0n) is 10.4. The van der Waals surface area contributed by atoms with Crippen molar-refractivity contribution in [3.8, 4) is 0 Å². The molecule has 0 bridgehead atoms. The molecular weight excluding hydrogens is 250 g/mol. The van der Waals surface area contributed by atoms with Crippen LogP contribution in [-0.4, -0.2) is 35.8 Å². The van der Waals surface area contributed by atoms with Crippen molar-refractivity contribution in [1.82, 2.24) is 15.2 Å². The minimum absolute atomic E-state index is 0.662. The molecule has 0 radical (unpaired) electrons. The molecule has 0 fully saturated rings. The van der Waals surface area contributed by atoms with Crippen LogP contribution in [0.1, 0.15) is 5.56 Å². The van der Waals surface area contributed by atoms with E-state index in [1.165, 1.54) is 0 Å². The van der Waals surface area contributed by atoms with Gasteiger partial charge in [-0.2, -0.15) is 4.98 Å². The minimum atomic E-state index is 0.662. The van der Waals surface area contributed by atoms with E-state index in [1.807, 2.05) is 43.3 Å². The number of benzene rings is 1. The van der Waals surface area contributed by atoms with Crippen LogP contribution < -0.4 is 10.2 Å². The number of rotatable bonds is 5. The summed E-state index contributed by atoms with van der Waals surface area (Å²) in [5.41, 5.74) is 1.12. The normalized spacial score (nSPS) is 10.4. The summed E-state index contributed by atoms with van der Waals surface area (Å²) in [5, 5.41) is 10.9. The van der Waals surface area contributed by atoms with Gasteiger partial charge in [-0.25, -0.2) is 5.10 Å². The van der Waals surface area contributed by atoms with Crippen LogP contribution in [0.5, 0.6) is 0 Å². The van der Waals surface area contributed by atoms with Crippen LogP contribution in [0.15, 0.2) is 24.3 Å². The standard InChI is InChI=1S/C12H16ClN5/c1-18(2)12-15-11(16-17-12)14-8-7-9-5-3-4-6-10(9)13/h3-6H,7-8H2,1-2H3,(H2,14,15,16,17). The van der Waals surface area contributed by atoms with Crippen LogP contribution in [0.4, 0.5) is 11.9 Å². The molecule has 1 aromatic heterocycles. The molecule has 18 heavy (non-hydrogen) atoms. The third-order valence-corrected chi connectivity index (χ3v) is 2.89. The molecule has 5 nitrogen and oxygen atoms in total. The first kappa shape index (κ1) is 12.7. The van der Waals surface area contributed by atoms with E-state index in [9.17, 15) is 0 Å². The molecule has 0 unspecified atom stereocenters. The first-order valence-electron chi connectivity index (χ1n) is 5.74. The van der Waals surface area contributed by atoms with E-state index in [0.29, 0.717) is 11.9 Å². The van der Waals surface area contributed by atoms with Gasteiger partial charge < -0.3 is 10.2 Å². The molecule has 2 N–H and O–H groups in total. The molecule has 0 aliphatic rings. The van der Waals surface area contributed by atoms with Gasteiger partial charge in [-0.3, -0.25) is 0 Å². The molecule has 0 aliphatic heterocycles. The largest absolute Gasteiger partial charge is 0.354 e. The van der Waals surface area contributed by atoms with E-state index < -0.39 is 0 Å². The number of aromatic amines is 1. The van der Waals surface area contributed by atoms with Crippen molar-refractivity contribution in [2.24, 2.45) is 0 Å². The van der Waals surface area contributed by atoms with Crippen molar-refractivity contribution in [1.29, 1.82) is 0 Å². The van der Waals surface area contributed by atoms with E-state index in [2.05, 4.69) is 20.5 Å². The van der Waals surface area contributed by atoms with Crippen LogP contribution in [0.2, 0.25) is 5.02 Å². The fraction of sp³-hybridized carbons (Fsp3) is 0.333. The first-order valence-corrected chi connectivity index (χ1v) is 6.11. The summed E-state index contributed by atoms with van der Waals surface area (Å²) in [6.45, 7) is 0.756. The number of nitrogens with zero attached hydrogens (tertiary/aromatic N) is 3. The Bertz CT molecular complexity index is 509. The minimum Gasteiger partial charge on any atom is -0.354 e. The Labute approximate surface area is 111 Å². The number of nitrogens with one attached hydrogen (secondary N) is 2. The van der Waals surface area contributed by atoms with Gasteiger partial charge in [0.25, 0.3) is 0 Å². The Morgan fingerprint density at radius 2 is 2.11 bits per heavy atom. The summed E-state index contributed by atoms with van der Waals surface area (Å²) in [6.07, 6.45) is 0.845. The Hall–Kier alpha value is -1.75. The molecule has 0 aliphatic carbocycles. The number of halogens is 1. The lowest BCUT2D eigenvalue weighted by molar-refractivity contribution is 0.980. The highest BCUT2D eigenvalue weighted by Gasteiger charge is 2.04. The predicted molar refractivity (Wildman–Crippen MR) is 74.4 cm³/mol. The zero-order chi connectivity index (χ0) is 13.0. The van der Waals surface area contributed by atoms with E-state index in [4.69, 9.17) is 11.6 Å². The van der Waals surface area contributed by atoms with Gasteiger partial charge in [0.15, 0.2) is 0 Å². The second-order valence-electron chi connectivity index (χ2n) is 4.15. The van der Waals surface area contributed by atoms with Crippen LogP contribution >= 0.6 is 11.6 Å². The highest BCUT2D eigenvalue weighted by Crippen LogP contribution is 2.15. The number of H-pyrrole nitrogens is 1. The number of hydrogen-bond acceptors (Lipinski definition) is 4. The molecule has 0 spiro atoms. The monoisotopic (exact) mass is 265 g/mol. The summed E-state index contributed by atoms with van der Waals surface area (Å²) in [6, 6.07) is 7.84. The third kappa shape index (κ3) is 3.13. The van der Waals surface area contributed by atoms with Gasteiger partial charge in [0.1, 0.15) is 0 Å². The summed E-state index contributed by atoms with van der Waals surface area (Å²) < 4.78 is 0. The van der Waals surface area contributed by atoms with Crippen molar-refractivity contribution < 1.29 is 0 Å². The van der Waals surface area contributed by atoms with Crippen LogP contribution in [-0.2, 0) is 6.42 Å². The number of anilines is 2. The topological polar surface area (TPSA) is 56.8 Å². The van der Waals surface area contributed by atoms with E-state index in [1.54, 1.807) is 0 Å². The summed E-state index contributed by atoms with van der Waals surface area (Å²) in [7, 11) is 3.80. The van der Waals surface area contributed by atoms with Gasteiger partial charge in [0.2, 0.25) is 11.9 Å². The maximum Gasteiger partial charge on any atom is 0.245 e. The Balaban J connectivity index is 1.87. The Morgan fingerprint density at radius 1 is 1.33 bits per heavy atom. The second kappa shape index (κ2) is 5.73. The summed E-state index contributed by atoms with van der Waals surface area (Å²) in [5.74, 6) is 1.33. The van der Waals surface area contributed by atoms with Crippen molar-refractivity contribution in [3.05, 3.63) is 34.9 Å². The van der Waals surface area contributed by atoms with Crippen LogP contribution in [0.25, 0.3) is 0 Å². The lowest BCUT2D eigenvalue weighted by atomic mass is 10.1. The molecule has 96 valence electrons. The molecule has 0 saturated heterocycles. The Morgan fingerprint density at radius 3 is 2.78 bits per heavy atom. The van der Waals surface area contributed by atoms with E-state index >= 15 is 0 Å². The molecule has 0 atom stereocenters. The maximum atomic E-state index is 6.08. The summed E-state index contributed by atoms with van der Waals surface area (Å²) in [4.78, 5) is 6.12. The fourth-order valence-corrected chi connectivity index (χ4v) is 1.78. The number of aromatic nitrogens is 3. The second-order valence-corrected chi connectivity index (χ2v) is 4.55. The van der Waals surface area contributed by atoms with E-state index in [0.717, 1.165) is 23.6 Å². The highest BCUT2D eigenvalue weighted by atomic mass is 35.5. The van der Waals surface area contributed by atoms with Gasteiger partial charge >= 0.3 is 0 Å². The van der Waals surface area contributed by atoms with Gasteiger partial charge in [-0.1, -0.05) is 29.8 Å². The van der Waals surface area contributed by atoms with Crippen LogP contribution in [0, 0.1) is 0 Å². The lowest BCUT2D eigenvalue weighted by Gasteiger charge is -2.05. The number of hydrogen-bond donors (Lipinski definition) is 2. The molecule has 1 heterocycles.